The summed E-state index contributed by atoms with van der Waals surface area (Å²) < 4.78 is 27.6. The molecule has 0 bridgehead atoms. The first-order chi connectivity index (χ1) is 9.38. The molecule has 0 spiro atoms. The maximum Gasteiger partial charge on any atom is 0.257 e. The fraction of sp³-hybridized carbons (Fsp3) is 0.0714. The van der Waals surface area contributed by atoms with Gasteiger partial charge < -0.3 is 11.1 Å². The van der Waals surface area contributed by atoms with Gasteiger partial charge in [-0.1, -0.05) is 27.6 Å². The number of nitrogens with two attached hydrogens (primary N) is 1. The molecule has 1 amide bonds. The first-order valence-corrected chi connectivity index (χ1v) is 6.50. The summed E-state index contributed by atoms with van der Waals surface area (Å²) in [5, 5.41) is 2.20. The molecule has 0 aromatic heterocycles. The summed E-state index contributed by atoms with van der Waals surface area (Å²) in [7, 11) is 0. The van der Waals surface area contributed by atoms with Gasteiger partial charge in [-0.15, -0.1) is 0 Å². The third-order valence-electron chi connectivity index (χ3n) is 2.70. The Morgan fingerprint density at radius 2 is 1.80 bits per heavy atom. The normalized spacial score (nSPS) is 10.4. The molecule has 0 aliphatic heterocycles. The molecule has 3 nitrogen and oxygen atoms in total. The minimum Gasteiger partial charge on any atom is -0.398 e. The van der Waals surface area contributed by atoms with Crippen LogP contribution in [0.25, 0.3) is 0 Å². The van der Waals surface area contributed by atoms with Gasteiger partial charge in [0.2, 0.25) is 0 Å². The SMILES string of the molecule is Cc1ccc(N)c(C(=O)Nc2c(F)cc(Br)cc2F)c1. The third kappa shape index (κ3) is 2.96. The molecular formula is C14H11BrF2N2O. The predicted octanol–water partition coefficient (Wildman–Crippen LogP) is 3.87. The lowest BCUT2D eigenvalue weighted by molar-refractivity contribution is 0.102. The molecule has 0 aliphatic carbocycles. The Labute approximate surface area is 122 Å². The zero-order valence-electron chi connectivity index (χ0n) is 10.5. The Balaban J connectivity index is 2.35. The standard InChI is InChI=1S/C14H11BrF2N2O/c1-7-2-3-12(18)9(4-7)14(20)19-13-10(16)5-8(15)6-11(13)17/h2-6H,18H2,1H3,(H,19,20). The molecule has 104 valence electrons. The largest absolute Gasteiger partial charge is 0.398 e. The van der Waals surface area contributed by atoms with E-state index in [-0.39, 0.29) is 15.7 Å². The monoisotopic (exact) mass is 340 g/mol. The summed E-state index contributed by atoms with van der Waals surface area (Å²) in [5.74, 6) is -2.39. The molecule has 2 aromatic rings. The highest BCUT2D eigenvalue weighted by atomic mass is 79.9. The number of halogens is 3. The maximum atomic E-state index is 13.7. The highest BCUT2D eigenvalue weighted by Gasteiger charge is 2.16. The summed E-state index contributed by atoms with van der Waals surface area (Å²) >= 11 is 2.97. The van der Waals surface area contributed by atoms with Crippen molar-refractivity contribution in [2.45, 2.75) is 6.92 Å². The van der Waals surface area contributed by atoms with Crippen LogP contribution in [0.4, 0.5) is 20.2 Å². The number of carbonyl (C=O) groups excluding carboxylic acids is 1. The molecule has 3 N–H and O–H groups in total. The van der Waals surface area contributed by atoms with Gasteiger partial charge in [-0.3, -0.25) is 4.79 Å². The van der Waals surface area contributed by atoms with E-state index in [9.17, 15) is 13.6 Å². The summed E-state index contributed by atoms with van der Waals surface area (Å²) in [6.45, 7) is 1.79. The van der Waals surface area contributed by atoms with E-state index in [0.29, 0.717) is 0 Å². The van der Waals surface area contributed by atoms with Crippen molar-refractivity contribution in [3.63, 3.8) is 0 Å². The third-order valence-corrected chi connectivity index (χ3v) is 3.16. The van der Waals surface area contributed by atoms with E-state index in [0.717, 1.165) is 17.7 Å². The zero-order valence-corrected chi connectivity index (χ0v) is 12.1. The van der Waals surface area contributed by atoms with Crippen LogP contribution in [0.2, 0.25) is 0 Å². The fourth-order valence-corrected chi connectivity index (χ4v) is 2.11. The van der Waals surface area contributed by atoms with E-state index < -0.39 is 23.2 Å². The second kappa shape index (κ2) is 5.58. The van der Waals surface area contributed by atoms with Gasteiger partial charge in [-0.05, 0) is 31.2 Å². The van der Waals surface area contributed by atoms with Gasteiger partial charge in [0.1, 0.15) is 5.69 Å². The van der Waals surface area contributed by atoms with Gasteiger partial charge in [0.15, 0.2) is 11.6 Å². The molecule has 2 aromatic carbocycles. The van der Waals surface area contributed by atoms with Gasteiger partial charge in [0.05, 0.1) is 5.56 Å². The molecule has 0 heterocycles. The van der Waals surface area contributed by atoms with Crippen LogP contribution >= 0.6 is 15.9 Å². The van der Waals surface area contributed by atoms with E-state index in [4.69, 9.17) is 5.73 Å². The number of amides is 1. The first-order valence-electron chi connectivity index (χ1n) is 5.70. The van der Waals surface area contributed by atoms with E-state index >= 15 is 0 Å². The zero-order chi connectivity index (χ0) is 14.9. The van der Waals surface area contributed by atoms with Crippen LogP contribution in [0.15, 0.2) is 34.8 Å². The van der Waals surface area contributed by atoms with Crippen LogP contribution in [0.1, 0.15) is 15.9 Å². The highest BCUT2D eigenvalue weighted by molar-refractivity contribution is 9.10. The number of hydrogen-bond donors (Lipinski definition) is 2. The lowest BCUT2D eigenvalue weighted by atomic mass is 10.1. The minimum absolute atomic E-state index is 0.173. The Morgan fingerprint density at radius 1 is 1.20 bits per heavy atom. The summed E-state index contributed by atoms with van der Waals surface area (Å²) in [5.41, 5.74) is 6.42. The number of hydrogen-bond acceptors (Lipinski definition) is 2. The van der Waals surface area contributed by atoms with Gasteiger partial charge >= 0.3 is 0 Å². The molecule has 0 atom stereocenters. The van der Waals surface area contributed by atoms with Gasteiger partial charge in [-0.25, -0.2) is 8.78 Å². The molecule has 2 rings (SSSR count). The van der Waals surface area contributed by atoms with Crippen LogP contribution in [-0.2, 0) is 0 Å². The molecular weight excluding hydrogens is 330 g/mol. The number of nitrogen functional groups attached to an aromatic ring is 1. The number of rotatable bonds is 2. The average Bonchev–Trinajstić information content (AvgIpc) is 2.36. The minimum atomic E-state index is -0.864. The van der Waals surface area contributed by atoms with Crippen molar-refractivity contribution in [3.05, 3.63) is 57.6 Å². The molecule has 20 heavy (non-hydrogen) atoms. The van der Waals surface area contributed by atoms with Gasteiger partial charge in [0.25, 0.3) is 5.91 Å². The molecule has 0 saturated heterocycles. The number of aryl methyl sites for hydroxylation is 1. The topological polar surface area (TPSA) is 55.1 Å². The van der Waals surface area contributed by atoms with Gasteiger partial charge in [0, 0.05) is 10.2 Å². The van der Waals surface area contributed by atoms with Crippen molar-refractivity contribution < 1.29 is 13.6 Å². The number of benzene rings is 2. The predicted molar refractivity (Wildman–Crippen MR) is 77.6 cm³/mol. The highest BCUT2D eigenvalue weighted by Crippen LogP contribution is 2.25. The summed E-state index contributed by atoms with van der Waals surface area (Å²) in [6.07, 6.45) is 0. The Bertz CT molecular complexity index is 666. The maximum absolute atomic E-state index is 13.7. The van der Waals surface area contributed by atoms with Crippen LogP contribution in [0, 0.1) is 18.6 Å². The second-order valence-electron chi connectivity index (χ2n) is 4.29. The first kappa shape index (κ1) is 14.5. The van der Waals surface area contributed by atoms with Crippen molar-refractivity contribution in [3.8, 4) is 0 Å². The second-order valence-corrected chi connectivity index (χ2v) is 5.20. The molecule has 6 heteroatoms. The Morgan fingerprint density at radius 3 is 2.40 bits per heavy atom. The van der Waals surface area contributed by atoms with Crippen LogP contribution < -0.4 is 11.1 Å². The van der Waals surface area contributed by atoms with Crippen LogP contribution in [0.3, 0.4) is 0 Å². The summed E-state index contributed by atoms with van der Waals surface area (Å²) in [4.78, 5) is 12.0. The summed E-state index contributed by atoms with van der Waals surface area (Å²) in [6, 6.07) is 7.00. The average molecular weight is 341 g/mol. The number of carbonyl (C=O) groups is 1. The number of nitrogens with one attached hydrogen (secondary N) is 1. The van der Waals surface area contributed by atoms with E-state index in [1.54, 1.807) is 25.1 Å². The van der Waals surface area contributed by atoms with Crippen LogP contribution in [-0.4, -0.2) is 5.91 Å². The van der Waals surface area contributed by atoms with Gasteiger partial charge in [-0.2, -0.15) is 0 Å². The molecule has 0 aliphatic rings. The van der Waals surface area contributed by atoms with Crippen molar-refractivity contribution in [2.24, 2.45) is 0 Å². The van der Waals surface area contributed by atoms with Crippen molar-refractivity contribution in [1.82, 2.24) is 0 Å². The molecule has 0 saturated carbocycles. The van der Waals surface area contributed by atoms with Crippen molar-refractivity contribution in [2.75, 3.05) is 11.1 Å². The number of anilines is 2. The lowest BCUT2D eigenvalue weighted by Crippen LogP contribution is -2.16. The Hall–Kier alpha value is -1.95. The lowest BCUT2D eigenvalue weighted by Gasteiger charge is -2.10. The van der Waals surface area contributed by atoms with Crippen molar-refractivity contribution in [1.29, 1.82) is 0 Å². The van der Waals surface area contributed by atoms with E-state index in [2.05, 4.69) is 21.2 Å². The quantitative estimate of drug-likeness (QED) is 0.815. The van der Waals surface area contributed by atoms with Crippen LogP contribution in [0.5, 0.6) is 0 Å². The van der Waals surface area contributed by atoms with E-state index in [1.807, 2.05) is 0 Å². The van der Waals surface area contributed by atoms with E-state index in [1.165, 1.54) is 0 Å². The molecule has 0 radical (unpaired) electrons. The van der Waals surface area contributed by atoms with Crippen molar-refractivity contribution >= 4 is 33.2 Å². The fourth-order valence-electron chi connectivity index (χ4n) is 1.71. The molecule has 0 unspecified atom stereocenters. The molecule has 0 fully saturated rings. The smallest absolute Gasteiger partial charge is 0.257 e. The Kier molecular flexibility index (Phi) is 4.04.